The summed E-state index contributed by atoms with van der Waals surface area (Å²) in [5.74, 6) is 0. The topological polar surface area (TPSA) is 12.0 Å². The van der Waals surface area contributed by atoms with Crippen LogP contribution in [0.15, 0.2) is 30.3 Å². The van der Waals surface area contributed by atoms with Crippen LogP contribution >= 0.6 is 0 Å². The minimum Gasteiger partial charge on any atom is -0.305 e. The molecule has 1 aliphatic carbocycles. The first-order valence-electron chi connectivity index (χ1n) is 5.06. The largest absolute Gasteiger partial charge is 0.305 e. The molecule has 1 saturated carbocycles. The molecule has 1 aromatic carbocycles. The molecule has 0 atom stereocenters. The van der Waals surface area contributed by atoms with Crippen LogP contribution in [0.4, 0.5) is 0 Å². The lowest BCUT2D eigenvalue weighted by atomic mass is 10.0. The van der Waals surface area contributed by atoms with Gasteiger partial charge in [-0.05, 0) is 18.4 Å². The molecule has 70 valence electrons. The standard InChI is InChI=1S/C12H17N/c1-10(2)13-12(8-9-12)11-6-4-3-5-7-11/h3-7,10,13H,8-9H2,1-2H3. The van der Waals surface area contributed by atoms with Gasteiger partial charge >= 0.3 is 0 Å². The highest BCUT2D eigenvalue weighted by molar-refractivity contribution is 5.29. The van der Waals surface area contributed by atoms with E-state index in [1.165, 1.54) is 18.4 Å². The van der Waals surface area contributed by atoms with Crippen molar-refractivity contribution in [3.05, 3.63) is 35.9 Å². The van der Waals surface area contributed by atoms with Crippen LogP contribution < -0.4 is 5.32 Å². The van der Waals surface area contributed by atoms with E-state index in [2.05, 4.69) is 49.5 Å². The van der Waals surface area contributed by atoms with Crippen LogP contribution in [-0.2, 0) is 5.54 Å². The van der Waals surface area contributed by atoms with Crippen molar-refractivity contribution in [1.29, 1.82) is 0 Å². The third-order valence-electron chi connectivity index (χ3n) is 2.64. The van der Waals surface area contributed by atoms with E-state index < -0.39 is 0 Å². The van der Waals surface area contributed by atoms with Crippen LogP contribution in [0.25, 0.3) is 0 Å². The second-order valence-electron chi connectivity index (χ2n) is 4.25. The number of hydrogen-bond donors (Lipinski definition) is 1. The van der Waals surface area contributed by atoms with Gasteiger partial charge < -0.3 is 5.32 Å². The number of hydrogen-bond acceptors (Lipinski definition) is 1. The van der Waals surface area contributed by atoms with E-state index in [1.807, 2.05) is 0 Å². The van der Waals surface area contributed by atoms with Gasteiger partial charge in [0.1, 0.15) is 0 Å². The first-order chi connectivity index (χ1) is 6.23. The molecule has 0 aliphatic heterocycles. The molecule has 0 heterocycles. The Kier molecular flexibility index (Phi) is 2.12. The van der Waals surface area contributed by atoms with E-state index in [0.29, 0.717) is 11.6 Å². The Morgan fingerprint density at radius 3 is 2.23 bits per heavy atom. The average molecular weight is 175 g/mol. The van der Waals surface area contributed by atoms with Gasteiger partial charge in [-0.15, -0.1) is 0 Å². The predicted molar refractivity (Wildman–Crippen MR) is 55.6 cm³/mol. The molecule has 0 unspecified atom stereocenters. The van der Waals surface area contributed by atoms with Crippen LogP contribution in [0.3, 0.4) is 0 Å². The fourth-order valence-electron chi connectivity index (χ4n) is 1.95. The van der Waals surface area contributed by atoms with Crippen molar-refractivity contribution in [2.24, 2.45) is 0 Å². The lowest BCUT2D eigenvalue weighted by molar-refractivity contribution is 0.461. The summed E-state index contributed by atoms with van der Waals surface area (Å²) in [6.07, 6.45) is 2.57. The summed E-state index contributed by atoms with van der Waals surface area (Å²) in [5.41, 5.74) is 1.76. The average Bonchev–Trinajstić information content (AvgIpc) is 2.86. The van der Waals surface area contributed by atoms with Crippen molar-refractivity contribution in [2.75, 3.05) is 0 Å². The van der Waals surface area contributed by atoms with Gasteiger partial charge in [-0.1, -0.05) is 44.2 Å². The quantitative estimate of drug-likeness (QED) is 0.744. The lowest BCUT2D eigenvalue weighted by Crippen LogP contribution is -2.34. The van der Waals surface area contributed by atoms with Gasteiger partial charge in [-0.3, -0.25) is 0 Å². The maximum atomic E-state index is 3.65. The Morgan fingerprint density at radius 1 is 1.15 bits per heavy atom. The molecule has 1 heteroatoms. The van der Waals surface area contributed by atoms with Crippen LogP contribution in [0.2, 0.25) is 0 Å². The smallest absolute Gasteiger partial charge is 0.0438 e. The van der Waals surface area contributed by atoms with Gasteiger partial charge in [0.15, 0.2) is 0 Å². The molecule has 0 amide bonds. The molecule has 0 radical (unpaired) electrons. The molecule has 0 spiro atoms. The second-order valence-corrected chi connectivity index (χ2v) is 4.25. The van der Waals surface area contributed by atoms with Crippen molar-refractivity contribution in [3.63, 3.8) is 0 Å². The SMILES string of the molecule is CC(C)NC1(c2ccccc2)CC1. The van der Waals surface area contributed by atoms with Crippen LogP contribution in [0.5, 0.6) is 0 Å². The monoisotopic (exact) mass is 175 g/mol. The fourth-order valence-corrected chi connectivity index (χ4v) is 1.95. The minimum absolute atomic E-state index is 0.315. The molecule has 0 bridgehead atoms. The van der Waals surface area contributed by atoms with Crippen molar-refractivity contribution < 1.29 is 0 Å². The van der Waals surface area contributed by atoms with E-state index in [0.717, 1.165) is 0 Å². The Bertz CT molecular complexity index is 272. The number of rotatable bonds is 3. The first-order valence-corrected chi connectivity index (χ1v) is 5.06. The summed E-state index contributed by atoms with van der Waals surface area (Å²) in [7, 11) is 0. The number of nitrogens with one attached hydrogen (secondary N) is 1. The molecule has 1 aliphatic rings. The lowest BCUT2D eigenvalue weighted by Gasteiger charge is -2.20. The van der Waals surface area contributed by atoms with Crippen molar-refractivity contribution >= 4 is 0 Å². The third kappa shape index (κ3) is 1.75. The van der Waals surface area contributed by atoms with Crippen LogP contribution in [0.1, 0.15) is 32.3 Å². The van der Waals surface area contributed by atoms with E-state index in [4.69, 9.17) is 0 Å². The predicted octanol–water partition coefficient (Wildman–Crippen LogP) is 2.67. The highest BCUT2D eigenvalue weighted by Gasteiger charge is 2.43. The molecular formula is C12H17N. The van der Waals surface area contributed by atoms with Crippen molar-refractivity contribution in [1.82, 2.24) is 5.32 Å². The summed E-state index contributed by atoms with van der Waals surface area (Å²) >= 11 is 0. The summed E-state index contributed by atoms with van der Waals surface area (Å²) in [6, 6.07) is 11.3. The van der Waals surface area contributed by atoms with E-state index in [9.17, 15) is 0 Å². The summed E-state index contributed by atoms with van der Waals surface area (Å²) in [6.45, 7) is 4.42. The summed E-state index contributed by atoms with van der Waals surface area (Å²) in [4.78, 5) is 0. The maximum Gasteiger partial charge on any atom is 0.0438 e. The normalized spacial score (nSPS) is 19.0. The van der Waals surface area contributed by atoms with Crippen LogP contribution in [-0.4, -0.2) is 6.04 Å². The van der Waals surface area contributed by atoms with Crippen molar-refractivity contribution in [3.8, 4) is 0 Å². The highest BCUT2D eigenvalue weighted by atomic mass is 15.0. The van der Waals surface area contributed by atoms with Gasteiger partial charge in [0.2, 0.25) is 0 Å². The highest BCUT2D eigenvalue weighted by Crippen LogP contribution is 2.45. The second kappa shape index (κ2) is 3.15. The van der Waals surface area contributed by atoms with Gasteiger partial charge in [-0.2, -0.15) is 0 Å². The molecule has 1 N–H and O–H groups in total. The van der Waals surface area contributed by atoms with Crippen LogP contribution in [0, 0.1) is 0 Å². The molecule has 1 nitrogen and oxygen atoms in total. The zero-order chi connectivity index (χ0) is 9.31. The molecule has 13 heavy (non-hydrogen) atoms. The maximum absolute atomic E-state index is 3.65. The Balaban J connectivity index is 2.16. The first kappa shape index (κ1) is 8.76. The zero-order valence-corrected chi connectivity index (χ0v) is 8.38. The third-order valence-corrected chi connectivity index (χ3v) is 2.64. The van der Waals surface area contributed by atoms with E-state index >= 15 is 0 Å². The van der Waals surface area contributed by atoms with Gasteiger partial charge in [0.25, 0.3) is 0 Å². The zero-order valence-electron chi connectivity index (χ0n) is 8.38. The Labute approximate surface area is 80.2 Å². The van der Waals surface area contributed by atoms with Crippen molar-refractivity contribution in [2.45, 2.75) is 38.3 Å². The molecule has 1 aromatic rings. The van der Waals surface area contributed by atoms with E-state index in [-0.39, 0.29) is 0 Å². The molecular weight excluding hydrogens is 158 g/mol. The van der Waals surface area contributed by atoms with Gasteiger partial charge in [-0.25, -0.2) is 0 Å². The molecule has 2 rings (SSSR count). The van der Waals surface area contributed by atoms with E-state index in [1.54, 1.807) is 0 Å². The Morgan fingerprint density at radius 2 is 1.77 bits per heavy atom. The summed E-state index contributed by atoms with van der Waals surface area (Å²) in [5, 5.41) is 3.65. The minimum atomic E-state index is 0.315. The number of benzene rings is 1. The molecule has 0 aromatic heterocycles. The fraction of sp³-hybridized carbons (Fsp3) is 0.500. The molecule has 1 fully saturated rings. The molecule has 0 saturated heterocycles. The Hall–Kier alpha value is -0.820. The summed E-state index contributed by atoms with van der Waals surface area (Å²) < 4.78 is 0. The van der Waals surface area contributed by atoms with Gasteiger partial charge in [0, 0.05) is 11.6 Å². The van der Waals surface area contributed by atoms with Gasteiger partial charge in [0.05, 0.1) is 0 Å².